The smallest absolute Gasteiger partial charge is 0.328 e. The molecule has 4 nitrogen and oxygen atoms in total. The molecule has 5 heteroatoms. The Kier molecular flexibility index (Phi) is 3.39. The van der Waals surface area contributed by atoms with E-state index in [0.717, 1.165) is 6.08 Å². The molecule has 0 aliphatic heterocycles. The van der Waals surface area contributed by atoms with Crippen LogP contribution in [0.2, 0.25) is 5.02 Å². The molecule has 92 valence electrons. The zero-order valence-electron chi connectivity index (χ0n) is 9.26. The van der Waals surface area contributed by atoms with Gasteiger partial charge in [-0.2, -0.15) is 0 Å². The zero-order chi connectivity index (χ0) is 13.1. The number of aliphatic carboxylic acids is 1. The second-order valence-corrected chi connectivity index (χ2v) is 4.02. The highest BCUT2D eigenvalue weighted by atomic mass is 35.5. The number of carboxylic acid groups (broad SMARTS) is 1. The number of carboxylic acids is 1. The van der Waals surface area contributed by atoms with Crippen LogP contribution in [0.25, 0.3) is 17.4 Å². The van der Waals surface area contributed by atoms with E-state index >= 15 is 0 Å². The SMILES string of the molecule is Nc1ccc(-c2ccc(/C=C/C(=O)O)o2)c(Cl)c1. The summed E-state index contributed by atoms with van der Waals surface area (Å²) in [5, 5.41) is 8.99. The number of hydrogen-bond acceptors (Lipinski definition) is 3. The van der Waals surface area contributed by atoms with Crippen molar-refractivity contribution in [3.8, 4) is 11.3 Å². The Labute approximate surface area is 108 Å². The van der Waals surface area contributed by atoms with E-state index < -0.39 is 5.97 Å². The first-order valence-electron chi connectivity index (χ1n) is 5.12. The molecule has 0 saturated heterocycles. The molecule has 0 atom stereocenters. The topological polar surface area (TPSA) is 76.5 Å². The van der Waals surface area contributed by atoms with Gasteiger partial charge in [0.05, 0.1) is 5.02 Å². The van der Waals surface area contributed by atoms with Gasteiger partial charge in [0.1, 0.15) is 11.5 Å². The normalized spacial score (nSPS) is 10.9. The minimum absolute atomic E-state index is 0.445. The van der Waals surface area contributed by atoms with E-state index in [2.05, 4.69) is 0 Å². The maximum Gasteiger partial charge on any atom is 0.328 e. The standard InChI is InChI=1S/C13H10ClNO3/c14-11-7-8(15)1-4-10(11)12-5-2-9(18-12)3-6-13(16)17/h1-7H,15H2,(H,16,17)/b6-3+. The molecule has 2 rings (SSSR count). The molecule has 0 unspecified atom stereocenters. The number of furan rings is 1. The molecule has 18 heavy (non-hydrogen) atoms. The maximum absolute atomic E-state index is 10.4. The fourth-order valence-electron chi connectivity index (χ4n) is 1.47. The number of halogens is 1. The number of hydrogen-bond donors (Lipinski definition) is 2. The Bertz CT molecular complexity index is 616. The average Bonchev–Trinajstić information content (AvgIpc) is 2.75. The first-order valence-corrected chi connectivity index (χ1v) is 5.50. The van der Waals surface area contributed by atoms with Crippen molar-refractivity contribution in [2.75, 3.05) is 5.73 Å². The molecule has 0 aliphatic rings. The third kappa shape index (κ3) is 2.73. The molecule has 0 saturated carbocycles. The molecule has 1 heterocycles. The zero-order valence-corrected chi connectivity index (χ0v) is 10.0. The molecule has 2 aromatic rings. The van der Waals surface area contributed by atoms with Crippen molar-refractivity contribution in [2.45, 2.75) is 0 Å². The number of benzene rings is 1. The summed E-state index contributed by atoms with van der Waals surface area (Å²) in [5.41, 5.74) is 6.88. The van der Waals surface area contributed by atoms with Crippen LogP contribution in [0.3, 0.4) is 0 Å². The minimum atomic E-state index is -1.03. The summed E-state index contributed by atoms with van der Waals surface area (Å²) >= 11 is 6.05. The molecule has 0 aliphatic carbocycles. The lowest BCUT2D eigenvalue weighted by atomic mass is 10.1. The quantitative estimate of drug-likeness (QED) is 0.658. The van der Waals surface area contributed by atoms with E-state index in [1.165, 1.54) is 6.08 Å². The van der Waals surface area contributed by atoms with Gasteiger partial charge in [-0.05, 0) is 36.4 Å². The Morgan fingerprint density at radius 1 is 1.33 bits per heavy atom. The predicted molar refractivity (Wildman–Crippen MR) is 70.2 cm³/mol. The Morgan fingerprint density at radius 3 is 2.78 bits per heavy atom. The highest BCUT2D eigenvalue weighted by Crippen LogP contribution is 2.31. The second kappa shape index (κ2) is 4.98. The molecule has 1 aromatic heterocycles. The van der Waals surface area contributed by atoms with E-state index in [1.54, 1.807) is 30.3 Å². The number of carbonyl (C=O) groups is 1. The van der Waals surface area contributed by atoms with Gasteiger partial charge in [-0.3, -0.25) is 0 Å². The summed E-state index contributed by atoms with van der Waals surface area (Å²) in [5.74, 6) is -0.0243. The van der Waals surface area contributed by atoms with E-state index in [1.807, 2.05) is 0 Å². The Balaban J connectivity index is 2.32. The maximum atomic E-state index is 10.4. The largest absolute Gasteiger partial charge is 0.478 e. The molecule has 0 bridgehead atoms. The lowest BCUT2D eigenvalue weighted by molar-refractivity contribution is -0.131. The van der Waals surface area contributed by atoms with Gasteiger partial charge in [-0.25, -0.2) is 4.79 Å². The van der Waals surface area contributed by atoms with Crippen molar-refractivity contribution in [1.29, 1.82) is 0 Å². The second-order valence-electron chi connectivity index (χ2n) is 3.61. The van der Waals surface area contributed by atoms with Gasteiger partial charge in [-0.15, -0.1) is 0 Å². The van der Waals surface area contributed by atoms with Gasteiger partial charge in [0.15, 0.2) is 0 Å². The summed E-state index contributed by atoms with van der Waals surface area (Å²) in [6, 6.07) is 8.49. The molecule has 0 fully saturated rings. The number of rotatable bonds is 3. The van der Waals surface area contributed by atoms with Crippen LogP contribution in [0.4, 0.5) is 5.69 Å². The molecular weight excluding hydrogens is 254 g/mol. The first-order chi connectivity index (χ1) is 8.56. The summed E-state index contributed by atoms with van der Waals surface area (Å²) in [4.78, 5) is 10.4. The van der Waals surface area contributed by atoms with Gasteiger partial charge in [-0.1, -0.05) is 11.6 Å². The first kappa shape index (κ1) is 12.3. The van der Waals surface area contributed by atoms with Crippen molar-refractivity contribution >= 4 is 29.3 Å². The molecule has 0 spiro atoms. The van der Waals surface area contributed by atoms with Gasteiger partial charge >= 0.3 is 5.97 Å². The average molecular weight is 264 g/mol. The van der Waals surface area contributed by atoms with E-state index in [-0.39, 0.29) is 0 Å². The third-order valence-corrected chi connectivity index (χ3v) is 2.59. The summed E-state index contributed by atoms with van der Waals surface area (Å²) in [6.45, 7) is 0. The van der Waals surface area contributed by atoms with Gasteiger partial charge in [0, 0.05) is 17.3 Å². The molecular formula is C13H10ClNO3. The van der Waals surface area contributed by atoms with Crippen LogP contribution in [-0.4, -0.2) is 11.1 Å². The lowest BCUT2D eigenvalue weighted by Crippen LogP contribution is -1.85. The predicted octanol–water partition coefficient (Wildman–Crippen LogP) is 3.28. The van der Waals surface area contributed by atoms with Crippen molar-refractivity contribution in [1.82, 2.24) is 0 Å². The Morgan fingerprint density at radius 2 is 2.11 bits per heavy atom. The summed E-state index contributed by atoms with van der Waals surface area (Å²) in [7, 11) is 0. The summed E-state index contributed by atoms with van der Waals surface area (Å²) < 4.78 is 5.47. The van der Waals surface area contributed by atoms with Crippen molar-refractivity contribution in [2.24, 2.45) is 0 Å². The van der Waals surface area contributed by atoms with E-state index in [0.29, 0.717) is 27.8 Å². The van der Waals surface area contributed by atoms with Crippen LogP contribution < -0.4 is 5.73 Å². The minimum Gasteiger partial charge on any atom is -0.478 e. The van der Waals surface area contributed by atoms with Gasteiger partial charge in [0.25, 0.3) is 0 Å². The van der Waals surface area contributed by atoms with Crippen LogP contribution >= 0.6 is 11.6 Å². The van der Waals surface area contributed by atoms with Gasteiger partial charge in [0.2, 0.25) is 0 Å². The molecule has 0 amide bonds. The Hall–Kier alpha value is -2.20. The van der Waals surface area contributed by atoms with Crippen LogP contribution in [0.5, 0.6) is 0 Å². The summed E-state index contributed by atoms with van der Waals surface area (Å²) in [6.07, 6.45) is 2.38. The fourth-order valence-corrected chi connectivity index (χ4v) is 1.75. The van der Waals surface area contributed by atoms with Crippen LogP contribution in [0, 0.1) is 0 Å². The lowest BCUT2D eigenvalue weighted by Gasteiger charge is -2.01. The van der Waals surface area contributed by atoms with Crippen molar-refractivity contribution < 1.29 is 14.3 Å². The van der Waals surface area contributed by atoms with E-state index in [9.17, 15) is 4.79 Å². The molecule has 0 radical (unpaired) electrons. The van der Waals surface area contributed by atoms with Crippen molar-refractivity contribution in [3.63, 3.8) is 0 Å². The van der Waals surface area contributed by atoms with Gasteiger partial charge < -0.3 is 15.3 Å². The van der Waals surface area contributed by atoms with Crippen LogP contribution in [-0.2, 0) is 4.79 Å². The monoisotopic (exact) mass is 263 g/mol. The fraction of sp³-hybridized carbons (Fsp3) is 0. The third-order valence-electron chi connectivity index (χ3n) is 2.28. The van der Waals surface area contributed by atoms with E-state index in [4.69, 9.17) is 26.9 Å². The molecule has 1 aromatic carbocycles. The highest BCUT2D eigenvalue weighted by Gasteiger charge is 2.08. The number of nitrogen functional groups attached to an aromatic ring is 1. The number of nitrogens with two attached hydrogens (primary N) is 1. The highest BCUT2D eigenvalue weighted by molar-refractivity contribution is 6.33. The van der Waals surface area contributed by atoms with Crippen LogP contribution in [0.15, 0.2) is 40.8 Å². The number of anilines is 1. The van der Waals surface area contributed by atoms with Crippen molar-refractivity contribution in [3.05, 3.63) is 47.2 Å². The van der Waals surface area contributed by atoms with Crippen LogP contribution in [0.1, 0.15) is 5.76 Å². The molecule has 3 N–H and O–H groups in total.